The predicted molar refractivity (Wildman–Crippen MR) is 86.7 cm³/mol. The largest absolute Gasteiger partial charge is 0.366 e. The van der Waals surface area contributed by atoms with Gasteiger partial charge >= 0.3 is 0 Å². The Balaban J connectivity index is 2.08. The summed E-state index contributed by atoms with van der Waals surface area (Å²) in [5, 5.41) is 0. The molecule has 2 heterocycles. The summed E-state index contributed by atoms with van der Waals surface area (Å²) in [5.41, 5.74) is 12.3. The van der Waals surface area contributed by atoms with Gasteiger partial charge in [0, 0.05) is 24.4 Å². The third-order valence-corrected chi connectivity index (χ3v) is 4.59. The van der Waals surface area contributed by atoms with Gasteiger partial charge < -0.3 is 21.0 Å². The second-order valence-corrected chi connectivity index (χ2v) is 6.08. The minimum Gasteiger partial charge on any atom is -0.366 e. The minimum atomic E-state index is -0.863. The van der Waals surface area contributed by atoms with Crippen LogP contribution in [-0.4, -0.2) is 26.3 Å². The van der Waals surface area contributed by atoms with E-state index in [9.17, 15) is 14.4 Å². The third-order valence-electron chi connectivity index (χ3n) is 4.59. The van der Waals surface area contributed by atoms with E-state index in [1.54, 1.807) is 6.33 Å². The van der Waals surface area contributed by atoms with Crippen molar-refractivity contribution in [2.24, 2.45) is 11.5 Å². The van der Waals surface area contributed by atoms with Crippen LogP contribution in [0.15, 0.2) is 17.3 Å². The topological polar surface area (TPSA) is 137 Å². The van der Waals surface area contributed by atoms with Crippen LogP contribution in [0.4, 0.5) is 0 Å². The van der Waals surface area contributed by atoms with E-state index in [0.29, 0.717) is 6.54 Å². The van der Waals surface area contributed by atoms with E-state index >= 15 is 0 Å². The first kappa shape index (κ1) is 16.0. The van der Waals surface area contributed by atoms with Gasteiger partial charge in [-0.15, -0.1) is 0 Å². The summed E-state index contributed by atoms with van der Waals surface area (Å²) in [5.74, 6) is -1.53. The molecule has 2 aromatic rings. The highest BCUT2D eigenvalue weighted by Gasteiger charge is 2.25. The van der Waals surface area contributed by atoms with Crippen molar-refractivity contribution in [2.75, 3.05) is 0 Å². The molecule has 0 bridgehead atoms. The van der Waals surface area contributed by atoms with Gasteiger partial charge in [-0.1, -0.05) is 0 Å². The number of carbonyl (C=O) groups is 2. The lowest BCUT2D eigenvalue weighted by Crippen LogP contribution is -2.34. The van der Waals surface area contributed by atoms with Crippen LogP contribution >= 0.6 is 0 Å². The van der Waals surface area contributed by atoms with E-state index < -0.39 is 17.4 Å². The number of fused-ring (bicyclic) bond motifs is 1. The number of aromatic nitrogens is 3. The number of nitrogens with zero attached hydrogens (tertiary/aromatic N) is 2. The second-order valence-electron chi connectivity index (χ2n) is 6.08. The van der Waals surface area contributed by atoms with E-state index in [-0.39, 0.29) is 22.6 Å². The monoisotopic (exact) mass is 329 g/mol. The number of pyridine rings is 1. The highest BCUT2D eigenvalue weighted by atomic mass is 16.2. The van der Waals surface area contributed by atoms with Gasteiger partial charge in [-0.2, -0.15) is 0 Å². The zero-order valence-corrected chi connectivity index (χ0v) is 13.3. The smallest absolute Gasteiger partial charge is 0.263 e. The fourth-order valence-electron chi connectivity index (χ4n) is 3.38. The molecule has 8 nitrogen and oxygen atoms in total. The number of aromatic amines is 1. The molecule has 2 aromatic heterocycles. The Labute approximate surface area is 137 Å². The molecule has 1 unspecified atom stereocenters. The number of primary amides is 2. The number of imidazole rings is 1. The number of aryl methyl sites for hydroxylation is 1. The van der Waals surface area contributed by atoms with Gasteiger partial charge in [0.1, 0.15) is 5.56 Å². The lowest BCUT2D eigenvalue weighted by atomic mass is 9.89. The number of amides is 2. The van der Waals surface area contributed by atoms with Crippen molar-refractivity contribution in [3.05, 3.63) is 51.0 Å². The van der Waals surface area contributed by atoms with Crippen LogP contribution in [0.3, 0.4) is 0 Å². The lowest BCUT2D eigenvalue weighted by Gasteiger charge is -2.23. The molecule has 126 valence electrons. The number of nitrogens with two attached hydrogens (primary N) is 2. The molecule has 2 amide bonds. The predicted octanol–water partition coefficient (Wildman–Crippen LogP) is 0.198. The Morgan fingerprint density at radius 3 is 2.79 bits per heavy atom. The molecule has 8 heteroatoms. The van der Waals surface area contributed by atoms with Gasteiger partial charge in [0.25, 0.3) is 11.5 Å². The molecule has 0 fully saturated rings. The molecule has 0 spiro atoms. The summed E-state index contributed by atoms with van der Waals surface area (Å²) in [6.07, 6.45) is 5.83. The lowest BCUT2D eigenvalue weighted by molar-refractivity contribution is 0.0997. The number of carbonyl (C=O) groups excluding carboxylic acids is 2. The zero-order chi connectivity index (χ0) is 17.4. The van der Waals surface area contributed by atoms with E-state index in [1.165, 1.54) is 17.7 Å². The fraction of sp³-hybridized carbons (Fsp3) is 0.375. The summed E-state index contributed by atoms with van der Waals surface area (Å²) < 4.78 is 1.35. The Bertz CT molecular complexity index is 880. The van der Waals surface area contributed by atoms with Gasteiger partial charge in [-0.25, -0.2) is 4.98 Å². The Kier molecular flexibility index (Phi) is 3.96. The molecule has 0 aliphatic heterocycles. The third kappa shape index (κ3) is 2.60. The molecule has 1 atom stereocenters. The SMILES string of the molecule is Cc1c(C(N)=O)cn(CC2CCCc3[nH]cnc32)c(=O)c1C(N)=O. The summed E-state index contributed by atoms with van der Waals surface area (Å²) in [6, 6.07) is 0. The van der Waals surface area contributed by atoms with Crippen LogP contribution < -0.4 is 17.0 Å². The van der Waals surface area contributed by atoms with Crippen LogP contribution in [0.2, 0.25) is 0 Å². The van der Waals surface area contributed by atoms with Crippen LogP contribution in [0, 0.1) is 6.92 Å². The van der Waals surface area contributed by atoms with E-state index in [0.717, 1.165) is 30.7 Å². The molecule has 0 radical (unpaired) electrons. The summed E-state index contributed by atoms with van der Waals surface area (Å²) in [6.45, 7) is 1.82. The molecule has 0 aromatic carbocycles. The molecule has 0 saturated heterocycles. The molecule has 5 N–H and O–H groups in total. The van der Waals surface area contributed by atoms with E-state index in [1.807, 2.05) is 0 Å². The van der Waals surface area contributed by atoms with Gasteiger partial charge in [0.05, 0.1) is 17.6 Å². The number of rotatable bonds is 4. The first-order valence-electron chi connectivity index (χ1n) is 7.76. The Morgan fingerprint density at radius 1 is 1.38 bits per heavy atom. The molecule has 24 heavy (non-hydrogen) atoms. The van der Waals surface area contributed by atoms with Crippen LogP contribution in [0.5, 0.6) is 0 Å². The van der Waals surface area contributed by atoms with Crippen LogP contribution in [-0.2, 0) is 13.0 Å². The summed E-state index contributed by atoms with van der Waals surface area (Å²) >= 11 is 0. The number of hydrogen-bond donors (Lipinski definition) is 3. The average molecular weight is 329 g/mol. The number of H-pyrrole nitrogens is 1. The molecule has 0 saturated carbocycles. The fourth-order valence-corrected chi connectivity index (χ4v) is 3.38. The van der Waals surface area contributed by atoms with Gasteiger partial charge in [0.15, 0.2) is 0 Å². The van der Waals surface area contributed by atoms with Crippen LogP contribution in [0.1, 0.15) is 56.4 Å². The molecule has 1 aliphatic carbocycles. The molecular formula is C16H19N5O3. The van der Waals surface area contributed by atoms with Crippen LogP contribution in [0.25, 0.3) is 0 Å². The quantitative estimate of drug-likeness (QED) is 0.737. The Morgan fingerprint density at radius 2 is 2.12 bits per heavy atom. The van der Waals surface area contributed by atoms with Crippen molar-refractivity contribution in [2.45, 2.75) is 38.6 Å². The molecule has 1 aliphatic rings. The molecular weight excluding hydrogens is 310 g/mol. The normalized spacial score (nSPS) is 16.6. The van der Waals surface area contributed by atoms with Crippen molar-refractivity contribution in [1.29, 1.82) is 0 Å². The van der Waals surface area contributed by atoms with Gasteiger partial charge in [0.2, 0.25) is 5.91 Å². The van der Waals surface area contributed by atoms with Crippen molar-refractivity contribution in [3.8, 4) is 0 Å². The van der Waals surface area contributed by atoms with E-state index in [2.05, 4.69) is 9.97 Å². The first-order chi connectivity index (χ1) is 11.4. The van der Waals surface area contributed by atoms with Crippen molar-refractivity contribution < 1.29 is 9.59 Å². The van der Waals surface area contributed by atoms with E-state index in [4.69, 9.17) is 11.5 Å². The maximum Gasteiger partial charge on any atom is 0.263 e. The van der Waals surface area contributed by atoms with Gasteiger partial charge in [-0.05, 0) is 31.7 Å². The highest BCUT2D eigenvalue weighted by molar-refractivity contribution is 6.00. The maximum absolute atomic E-state index is 12.6. The highest BCUT2D eigenvalue weighted by Crippen LogP contribution is 2.30. The number of nitrogens with one attached hydrogen (secondary N) is 1. The standard InChI is InChI=1S/C16H19N5O3/c1-8-10(14(17)22)6-21(16(24)12(8)15(18)23)5-9-3-2-4-11-13(9)20-7-19-11/h6-7,9H,2-5H2,1H3,(H2,17,22)(H2,18,23)(H,19,20). The Hall–Kier alpha value is -2.90. The van der Waals surface area contributed by atoms with Crippen molar-refractivity contribution >= 4 is 11.8 Å². The maximum atomic E-state index is 12.6. The van der Waals surface area contributed by atoms with Crippen molar-refractivity contribution in [3.63, 3.8) is 0 Å². The average Bonchev–Trinajstić information content (AvgIpc) is 2.98. The minimum absolute atomic E-state index is 0.0295. The second kappa shape index (κ2) is 5.95. The first-order valence-corrected chi connectivity index (χ1v) is 7.76. The molecule has 3 rings (SSSR count). The summed E-state index contributed by atoms with van der Waals surface area (Å²) in [4.78, 5) is 43.4. The number of hydrogen-bond acceptors (Lipinski definition) is 4. The summed E-state index contributed by atoms with van der Waals surface area (Å²) in [7, 11) is 0. The van der Waals surface area contributed by atoms with Crippen molar-refractivity contribution in [1.82, 2.24) is 14.5 Å². The van der Waals surface area contributed by atoms with Gasteiger partial charge in [-0.3, -0.25) is 14.4 Å². The zero-order valence-electron chi connectivity index (χ0n) is 13.3.